The minimum absolute atomic E-state index is 0.358. The molecule has 0 radical (unpaired) electrons. The lowest BCUT2D eigenvalue weighted by Crippen LogP contribution is -2.38. The molecule has 0 bridgehead atoms. The fourth-order valence-corrected chi connectivity index (χ4v) is 4.11. The molecule has 0 amide bonds. The number of nitrogens with one attached hydrogen (secondary N) is 2. The average molecular weight is 278 g/mol. The molecule has 1 aliphatic heterocycles. The van der Waals surface area contributed by atoms with E-state index in [-0.39, 0.29) is 0 Å². The lowest BCUT2D eigenvalue weighted by atomic mass is 10.1. The molecule has 1 saturated heterocycles. The molecule has 1 rings (SSSR count). The molecule has 0 spiro atoms. The van der Waals surface area contributed by atoms with E-state index in [4.69, 9.17) is 4.74 Å². The van der Waals surface area contributed by atoms with Crippen molar-refractivity contribution in [3.05, 3.63) is 0 Å². The molecule has 5 nitrogen and oxygen atoms in total. The molecule has 0 aromatic carbocycles. The molecule has 2 unspecified atom stereocenters. The molecule has 1 heterocycles. The van der Waals surface area contributed by atoms with Crippen molar-refractivity contribution in [3.8, 4) is 0 Å². The van der Waals surface area contributed by atoms with Crippen molar-refractivity contribution in [1.82, 2.24) is 10.6 Å². The number of hydrogen-bond donors (Lipinski definition) is 2. The van der Waals surface area contributed by atoms with E-state index in [2.05, 4.69) is 17.6 Å². The number of rotatable bonds is 9. The number of hydrogen-bond acceptors (Lipinski definition) is 5. The highest BCUT2D eigenvalue weighted by molar-refractivity contribution is 7.91. The Morgan fingerprint density at radius 3 is 2.78 bits per heavy atom. The van der Waals surface area contributed by atoms with Crippen molar-refractivity contribution in [3.63, 3.8) is 0 Å². The minimum atomic E-state index is -2.72. The van der Waals surface area contributed by atoms with Gasteiger partial charge in [-0.05, 0) is 32.2 Å². The monoisotopic (exact) mass is 278 g/mol. The second-order valence-corrected chi connectivity index (χ2v) is 7.34. The fraction of sp³-hybridized carbons (Fsp3) is 1.00. The first-order chi connectivity index (χ1) is 8.53. The van der Waals surface area contributed by atoms with E-state index in [1.807, 2.05) is 0 Å². The molecule has 0 aromatic heterocycles. The van der Waals surface area contributed by atoms with Gasteiger partial charge < -0.3 is 15.4 Å². The zero-order valence-corrected chi connectivity index (χ0v) is 12.3. The van der Waals surface area contributed by atoms with Gasteiger partial charge in [0.1, 0.15) is 0 Å². The molecular weight excluding hydrogens is 252 g/mol. The Kier molecular flexibility index (Phi) is 7.14. The van der Waals surface area contributed by atoms with Crippen LogP contribution >= 0.6 is 0 Å². The molecule has 6 heteroatoms. The SMILES string of the molecule is COCCNCC(C)NCCC1CCS(=O)(=O)C1. The van der Waals surface area contributed by atoms with E-state index in [0.717, 1.165) is 39.1 Å². The van der Waals surface area contributed by atoms with Crippen molar-refractivity contribution in [2.24, 2.45) is 5.92 Å². The van der Waals surface area contributed by atoms with Gasteiger partial charge in [0, 0.05) is 26.2 Å². The Morgan fingerprint density at radius 2 is 2.17 bits per heavy atom. The standard InChI is InChI=1S/C12H26N2O3S/c1-11(9-13-6-7-17-2)14-5-3-12-4-8-18(15,16)10-12/h11-14H,3-10H2,1-2H3. The highest BCUT2D eigenvalue weighted by Crippen LogP contribution is 2.20. The highest BCUT2D eigenvalue weighted by Gasteiger charge is 2.27. The Hall–Kier alpha value is -0.170. The predicted molar refractivity (Wildman–Crippen MR) is 73.6 cm³/mol. The fourth-order valence-electron chi connectivity index (χ4n) is 2.20. The van der Waals surface area contributed by atoms with Gasteiger partial charge in [0.15, 0.2) is 9.84 Å². The van der Waals surface area contributed by atoms with Crippen LogP contribution in [0.25, 0.3) is 0 Å². The van der Waals surface area contributed by atoms with Crippen molar-refractivity contribution < 1.29 is 13.2 Å². The summed E-state index contributed by atoms with van der Waals surface area (Å²) in [5.41, 5.74) is 0. The minimum Gasteiger partial charge on any atom is -0.383 e. The van der Waals surface area contributed by atoms with Gasteiger partial charge >= 0.3 is 0 Å². The van der Waals surface area contributed by atoms with Crippen molar-refractivity contribution >= 4 is 9.84 Å². The van der Waals surface area contributed by atoms with E-state index < -0.39 is 9.84 Å². The van der Waals surface area contributed by atoms with Gasteiger partial charge in [-0.1, -0.05) is 0 Å². The van der Waals surface area contributed by atoms with Crippen LogP contribution in [-0.2, 0) is 14.6 Å². The molecule has 1 fully saturated rings. The summed E-state index contributed by atoms with van der Waals surface area (Å²) in [6.07, 6.45) is 1.80. The first-order valence-corrected chi connectivity index (χ1v) is 8.49. The predicted octanol–water partition coefficient (Wildman–Crippen LogP) is 0.0253. The Bertz CT molecular complexity index is 319. The van der Waals surface area contributed by atoms with Crippen LogP contribution in [0.2, 0.25) is 0 Å². The van der Waals surface area contributed by atoms with Crippen LogP contribution in [0.15, 0.2) is 0 Å². The van der Waals surface area contributed by atoms with E-state index in [0.29, 0.717) is 23.5 Å². The topological polar surface area (TPSA) is 67.4 Å². The summed E-state index contributed by atoms with van der Waals surface area (Å²) in [6, 6.07) is 0.403. The molecule has 0 aromatic rings. The molecule has 1 aliphatic rings. The van der Waals surface area contributed by atoms with Crippen LogP contribution in [-0.4, -0.2) is 59.3 Å². The summed E-state index contributed by atoms with van der Waals surface area (Å²) < 4.78 is 27.5. The third-order valence-electron chi connectivity index (χ3n) is 3.31. The van der Waals surface area contributed by atoms with Crippen LogP contribution in [0.4, 0.5) is 0 Å². The molecule has 18 heavy (non-hydrogen) atoms. The summed E-state index contributed by atoms with van der Waals surface area (Å²) in [5, 5.41) is 6.71. The molecule has 2 N–H and O–H groups in total. The maximum Gasteiger partial charge on any atom is 0.150 e. The largest absolute Gasteiger partial charge is 0.383 e. The smallest absolute Gasteiger partial charge is 0.150 e. The summed E-state index contributed by atoms with van der Waals surface area (Å²) in [7, 11) is -1.03. The van der Waals surface area contributed by atoms with Gasteiger partial charge in [0.25, 0.3) is 0 Å². The second-order valence-electron chi connectivity index (χ2n) is 5.11. The van der Waals surface area contributed by atoms with Crippen LogP contribution < -0.4 is 10.6 Å². The number of methoxy groups -OCH3 is 1. The van der Waals surface area contributed by atoms with Crippen molar-refractivity contribution in [1.29, 1.82) is 0 Å². The number of sulfone groups is 1. The highest BCUT2D eigenvalue weighted by atomic mass is 32.2. The van der Waals surface area contributed by atoms with E-state index in [1.165, 1.54) is 0 Å². The Labute approximate surface area is 111 Å². The third kappa shape index (κ3) is 6.68. The van der Waals surface area contributed by atoms with E-state index >= 15 is 0 Å². The summed E-state index contributed by atoms with van der Waals surface area (Å²) >= 11 is 0. The van der Waals surface area contributed by atoms with Crippen LogP contribution in [0.5, 0.6) is 0 Å². The van der Waals surface area contributed by atoms with Gasteiger partial charge in [-0.15, -0.1) is 0 Å². The van der Waals surface area contributed by atoms with Crippen LogP contribution in [0, 0.1) is 5.92 Å². The maximum atomic E-state index is 11.3. The average Bonchev–Trinajstić information content (AvgIpc) is 2.64. The Morgan fingerprint density at radius 1 is 1.39 bits per heavy atom. The lowest BCUT2D eigenvalue weighted by Gasteiger charge is -2.16. The van der Waals surface area contributed by atoms with Crippen LogP contribution in [0.3, 0.4) is 0 Å². The van der Waals surface area contributed by atoms with Gasteiger partial charge in [0.2, 0.25) is 0 Å². The van der Waals surface area contributed by atoms with E-state index in [9.17, 15) is 8.42 Å². The van der Waals surface area contributed by atoms with Gasteiger partial charge in [0.05, 0.1) is 18.1 Å². The molecule has 0 aliphatic carbocycles. The van der Waals surface area contributed by atoms with Crippen molar-refractivity contribution in [2.45, 2.75) is 25.8 Å². The van der Waals surface area contributed by atoms with Gasteiger partial charge in [-0.25, -0.2) is 8.42 Å². The summed E-state index contributed by atoms with van der Waals surface area (Å²) in [4.78, 5) is 0. The zero-order valence-electron chi connectivity index (χ0n) is 11.4. The molecule has 2 atom stereocenters. The number of ether oxygens (including phenoxy) is 1. The van der Waals surface area contributed by atoms with Gasteiger partial charge in [-0.3, -0.25) is 0 Å². The molecule has 0 saturated carbocycles. The summed E-state index contributed by atoms with van der Waals surface area (Å²) in [6.45, 7) is 5.53. The maximum absolute atomic E-state index is 11.3. The molecule has 108 valence electrons. The Balaban J connectivity index is 2.00. The molecular formula is C12H26N2O3S. The summed E-state index contributed by atoms with van der Waals surface area (Å²) in [5.74, 6) is 1.12. The quantitative estimate of drug-likeness (QED) is 0.582. The second kappa shape index (κ2) is 8.09. The normalized spacial score (nSPS) is 24.2. The van der Waals surface area contributed by atoms with E-state index in [1.54, 1.807) is 7.11 Å². The van der Waals surface area contributed by atoms with Crippen molar-refractivity contribution in [2.75, 3.05) is 44.9 Å². The third-order valence-corrected chi connectivity index (χ3v) is 5.14. The lowest BCUT2D eigenvalue weighted by molar-refractivity contribution is 0.198. The zero-order chi connectivity index (χ0) is 13.4. The van der Waals surface area contributed by atoms with Crippen LogP contribution in [0.1, 0.15) is 19.8 Å². The van der Waals surface area contributed by atoms with Gasteiger partial charge in [-0.2, -0.15) is 0 Å². The first-order valence-electron chi connectivity index (χ1n) is 6.67. The first kappa shape index (κ1) is 15.9.